The summed E-state index contributed by atoms with van der Waals surface area (Å²) in [6.45, 7) is 6.71. The molecule has 222 valence electrons. The van der Waals surface area contributed by atoms with Gasteiger partial charge in [0.15, 0.2) is 0 Å². The highest BCUT2D eigenvalue weighted by atomic mass is 16.4. The number of aromatic amines is 1. The van der Waals surface area contributed by atoms with E-state index in [1.165, 1.54) is 64.1 Å². The Labute approximate surface area is 234 Å². The molecule has 0 saturated heterocycles. The molecule has 0 fully saturated rings. The summed E-state index contributed by atoms with van der Waals surface area (Å²) in [5, 5.41) is 17.8. The second kappa shape index (κ2) is 22.0. The van der Waals surface area contributed by atoms with E-state index in [2.05, 4.69) is 39.4 Å². The average molecular weight is 549 g/mol. The van der Waals surface area contributed by atoms with Crippen molar-refractivity contribution in [2.75, 3.05) is 13.1 Å². The first kappa shape index (κ1) is 34.1. The van der Waals surface area contributed by atoms with Gasteiger partial charge >= 0.3 is 5.97 Å². The number of aromatic nitrogens is 2. The van der Waals surface area contributed by atoms with Crippen molar-refractivity contribution >= 4 is 17.8 Å². The number of carboxylic acid groups (broad SMARTS) is 1. The molecule has 2 atom stereocenters. The van der Waals surface area contributed by atoms with E-state index in [1.54, 1.807) is 6.20 Å². The summed E-state index contributed by atoms with van der Waals surface area (Å²) in [4.78, 5) is 44.0. The molecule has 10 heteroatoms. The molecular formula is C29H52N6O4. The number of carbonyl (C=O) groups is 3. The molecule has 0 aliphatic heterocycles. The van der Waals surface area contributed by atoms with E-state index in [1.807, 2.05) is 0 Å². The summed E-state index contributed by atoms with van der Waals surface area (Å²) in [6, 6.07) is -2.00. The van der Waals surface area contributed by atoms with Gasteiger partial charge in [0.25, 0.3) is 0 Å². The summed E-state index contributed by atoms with van der Waals surface area (Å²) < 4.78 is 0. The smallest absolute Gasteiger partial charge is 0.326 e. The Bertz CT molecular complexity index is 815. The molecule has 1 heterocycles. The number of unbranched alkanes of at least 4 members (excludes halogenated alkanes) is 11. The molecule has 0 aliphatic rings. The molecule has 1 rings (SSSR count). The van der Waals surface area contributed by atoms with Gasteiger partial charge in [0.1, 0.15) is 12.1 Å². The SMILES string of the molecule is C=C(CCCCCCCCCCCCC)NCC(=O)N[C@@H](Cc1cnc[nH]1)C(=O)N[C@@H](CCCCN)C(=O)O. The topological polar surface area (TPSA) is 162 Å². The number of H-pyrrole nitrogens is 1. The second-order valence-electron chi connectivity index (χ2n) is 10.3. The van der Waals surface area contributed by atoms with Gasteiger partial charge in [0, 0.05) is 24.0 Å². The summed E-state index contributed by atoms with van der Waals surface area (Å²) in [5.41, 5.74) is 6.93. The molecule has 39 heavy (non-hydrogen) atoms. The molecule has 0 radical (unpaired) electrons. The fourth-order valence-electron chi connectivity index (χ4n) is 4.39. The highest BCUT2D eigenvalue weighted by Crippen LogP contribution is 2.13. The summed E-state index contributed by atoms with van der Waals surface area (Å²) >= 11 is 0. The molecule has 0 aliphatic carbocycles. The van der Waals surface area contributed by atoms with Crippen LogP contribution in [-0.4, -0.2) is 58.0 Å². The Morgan fingerprint density at radius 1 is 0.949 bits per heavy atom. The number of allylic oxidation sites excluding steroid dienone is 1. The van der Waals surface area contributed by atoms with Crippen molar-refractivity contribution in [1.82, 2.24) is 25.9 Å². The number of hydrogen-bond donors (Lipinski definition) is 6. The van der Waals surface area contributed by atoms with Crippen LogP contribution in [0.15, 0.2) is 24.8 Å². The van der Waals surface area contributed by atoms with Crippen LogP contribution in [0.3, 0.4) is 0 Å². The fourth-order valence-corrected chi connectivity index (χ4v) is 4.39. The van der Waals surface area contributed by atoms with Crippen molar-refractivity contribution in [1.29, 1.82) is 0 Å². The third-order valence-electron chi connectivity index (χ3n) is 6.77. The zero-order valence-electron chi connectivity index (χ0n) is 23.9. The molecule has 0 bridgehead atoms. The van der Waals surface area contributed by atoms with E-state index in [4.69, 9.17) is 5.73 Å². The predicted octanol–water partition coefficient (Wildman–Crippen LogP) is 3.94. The number of carbonyl (C=O) groups excluding carboxylic acids is 2. The minimum absolute atomic E-state index is 0.0114. The number of hydrogen-bond acceptors (Lipinski definition) is 6. The maximum Gasteiger partial charge on any atom is 0.326 e. The Morgan fingerprint density at radius 2 is 1.59 bits per heavy atom. The molecule has 1 aromatic heterocycles. The summed E-state index contributed by atoms with van der Waals surface area (Å²) in [7, 11) is 0. The van der Waals surface area contributed by atoms with Crippen LogP contribution in [0.25, 0.3) is 0 Å². The lowest BCUT2D eigenvalue weighted by atomic mass is 10.0. The number of aliphatic carboxylic acids is 1. The van der Waals surface area contributed by atoms with E-state index in [0.29, 0.717) is 25.1 Å². The number of rotatable bonds is 25. The van der Waals surface area contributed by atoms with E-state index in [9.17, 15) is 19.5 Å². The number of imidazole rings is 1. The first-order valence-corrected chi connectivity index (χ1v) is 14.8. The van der Waals surface area contributed by atoms with Gasteiger partial charge in [0.2, 0.25) is 11.8 Å². The third kappa shape index (κ3) is 17.4. The van der Waals surface area contributed by atoms with Crippen LogP contribution < -0.4 is 21.7 Å². The van der Waals surface area contributed by atoms with Gasteiger partial charge in [0.05, 0.1) is 12.9 Å². The number of nitrogens with two attached hydrogens (primary N) is 1. The van der Waals surface area contributed by atoms with Crippen LogP contribution in [-0.2, 0) is 20.8 Å². The van der Waals surface area contributed by atoms with Crippen molar-refractivity contribution in [2.24, 2.45) is 5.73 Å². The predicted molar refractivity (Wildman–Crippen MR) is 155 cm³/mol. The fraction of sp³-hybridized carbons (Fsp3) is 0.724. The molecule has 10 nitrogen and oxygen atoms in total. The highest BCUT2D eigenvalue weighted by Gasteiger charge is 2.27. The monoisotopic (exact) mass is 548 g/mol. The normalized spacial score (nSPS) is 12.5. The summed E-state index contributed by atoms with van der Waals surface area (Å²) in [6.07, 6.45) is 19.5. The molecule has 0 spiro atoms. The lowest BCUT2D eigenvalue weighted by Gasteiger charge is -2.21. The van der Waals surface area contributed by atoms with Crippen molar-refractivity contribution in [3.63, 3.8) is 0 Å². The number of amides is 2. The van der Waals surface area contributed by atoms with Crippen LogP contribution >= 0.6 is 0 Å². The molecule has 0 aromatic carbocycles. The van der Waals surface area contributed by atoms with Crippen LogP contribution in [0.4, 0.5) is 0 Å². The Hall–Kier alpha value is -2.88. The van der Waals surface area contributed by atoms with Gasteiger partial charge in [-0.3, -0.25) is 9.59 Å². The largest absolute Gasteiger partial charge is 0.480 e. The minimum Gasteiger partial charge on any atom is -0.480 e. The molecular weight excluding hydrogens is 496 g/mol. The van der Waals surface area contributed by atoms with Gasteiger partial charge < -0.3 is 31.8 Å². The Morgan fingerprint density at radius 3 is 2.15 bits per heavy atom. The molecule has 0 saturated carbocycles. The quantitative estimate of drug-likeness (QED) is 0.101. The lowest BCUT2D eigenvalue weighted by molar-refractivity contribution is -0.142. The van der Waals surface area contributed by atoms with Crippen molar-refractivity contribution in [3.05, 3.63) is 30.5 Å². The van der Waals surface area contributed by atoms with E-state index >= 15 is 0 Å². The first-order valence-electron chi connectivity index (χ1n) is 14.8. The van der Waals surface area contributed by atoms with E-state index < -0.39 is 24.0 Å². The van der Waals surface area contributed by atoms with Crippen LogP contribution in [0, 0.1) is 0 Å². The second-order valence-corrected chi connectivity index (χ2v) is 10.3. The van der Waals surface area contributed by atoms with Gasteiger partial charge in [-0.05, 0) is 38.6 Å². The summed E-state index contributed by atoms with van der Waals surface area (Å²) in [5.74, 6) is -2.05. The zero-order chi connectivity index (χ0) is 28.7. The van der Waals surface area contributed by atoms with E-state index in [0.717, 1.165) is 25.0 Å². The van der Waals surface area contributed by atoms with Crippen molar-refractivity contribution in [2.45, 2.75) is 122 Å². The average Bonchev–Trinajstić information content (AvgIpc) is 3.42. The maximum atomic E-state index is 12.9. The lowest BCUT2D eigenvalue weighted by Crippen LogP contribution is -2.53. The molecule has 2 amide bonds. The third-order valence-corrected chi connectivity index (χ3v) is 6.77. The molecule has 0 unspecified atom stereocenters. The Kier molecular flexibility index (Phi) is 19.3. The van der Waals surface area contributed by atoms with Crippen molar-refractivity contribution in [3.8, 4) is 0 Å². The Balaban J connectivity index is 2.37. The maximum absolute atomic E-state index is 12.9. The van der Waals surface area contributed by atoms with Crippen LogP contribution in [0.5, 0.6) is 0 Å². The van der Waals surface area contributed by atoms with Gasteiger partial charge in [-0.15, -0.1) is 0 Å². The van der Waals surface area contributed by atoms with Crippen LogP contribution in [0.1, 0.15) is 109 Å². The number of carboxylic acids is 1. The molecule has 7 N–H and O–H groups in total. The first-order chi connectivity index (χ1) is 18.9. The van der Waals surface area contributed by atoms with Gasteiger partial charge in [-0.1, -0.05) is 77.7 Å². The highest BCUT2D eigenvalue weighted by molar-refractivity contribution is 5.91. The minimum atomic E-state index is -1.12. The number of nitrogens with zero attached hydrogens (tertiary/aromatic N) is 1. The van der Waals surface area contributed by atoms with Crippen LogP contribution in [0.2, 0.25) is 0 Å². The number of nitrogens with one attached hydrogen (secondary N) is 4. The standard InChI is InChI=1S/C29H52N6O4/c1-3-4-5-6-7-8-9-10-11-12-13-16-23(2)32-21-27(36)34-26(19-24-20-31-22-33-24)28(37)35-25(29(38)39)17-14-15-18-30/h20,22,25-26,32H,2-19,21,30H2,1H3,(H,31,33)(H,34,36)(H,35,37)(H,38,39)/t25-,26-/m0/s1. The van der Waals surface area contributed by atoms with Gasteiger partial charge in [-0.25, -0.2) is 9.78 Å². The van der Waals surface area contributed by atoms with Gasteiger partial charge in [-0.2, -0.15) is 0 Å². The zero-order valence-corrected chi connectivity index (χ0v) is 23.9. The molecule has 1 aromatic rings. The van der Waals surface area contributed by atoms with Crippen molar-refractivity contribution < 1.29 is 19.5 Å². The van der Waals surface area contributed by atoms with E-state index in [-0.39, 0.29) is 25.3 Å².